The van der Waals surface area contributed by atoms with Gasteiger partial charge in [-0.2, -0.15) is 4.31 Å². The number of methoxy groups -OCH3 is 1. The molecule has 0 amide bonds. The number of rotatable bonds is 8. The van der Waals surface area contributed by atoms with E-state index >= 15 is 0 Å². The zero-order chi connectivity index (χ0) is 28.7. The Labute approximate surface area is 246 Å². The highest BCUT2D eigenvalue weighted by Crippen LogP contribution is 2.49. The number of hydrogen-bond acceptors (Lipinski definition) is 6. The summed E-state index contributed by atoms with van der Waals surface area (Å²) in [6, 6.07) is 18.5. The van der Waals surface area contributed by atoms with Gasteiger partial charge < -0.3 is 14.8 Å². The molecule has 0 radical (unpaired) electrons. The summed E-state index contributed by atoms with van der Waals surface area (Å²) < 4.78 is 40.6. The molecule has 1 saturated heterocycles. The highest BCUT2D eigenvalue weighted by Gasteiger charge is 2.52. The van der Waals surface area contributed by atoms with E-state index in [4.69, 9.17) is 37.7 Å². The molecule has 3 aromatic carbocycles. The number of halogens is 2. The summed E-state index contributed by atoms with van der Waals surface area (Å²) in [5.41, 5.74) is 0.895. The van der Waals surface area contributed by atoms with E-state index in [9.17, 15) is 8.42 Å². The van der Waals surface area contributed by atoms with E-state index in [0.29, 0.717) is 46.9 Å². The minimum Gasteiger partial charge on any atom is -0.495 e. The van der Waals surface area contributed by atoms with Crippen LogP contribution in [0.5, 0.6) is 11.5 Å². The van der Waals surface area contributed by atoms with Gasteiger partial charge in [-0.15, -0.1) is 0 Å². The van der Waals surface area contributed by atoms with Gasteiger partial charge in [-0.25, -0.2) is 8.42 Å². The zero-order valence-electron chi connectivity index (χ0n) is 23.0. The highest BCUT2D eigenvalue weighted by atomic mass is 35.5. The number of aliphatic imine (C=N–C) groups is 1. The van der Waals surface area contributed by atoms with E-state index < -0.39 is 21.1 Å². The minimum absolute atomic E-state index is 0.0909. The normalized spacial score (nSPS) is 23.1. The van der Waals surface area contributed by atoms with Crippen molar-refractivity contribution in [3.63, 3.8) is 0 Å². The third-order valence-corrected chi connectivity index (χ3v) is 10.4. The third-order valence-electron chi connectivity index (χ3n) is 8.01. The first kappa shape index (κ1) is 28.7. The average Bonchev–Trinajstić information content (AvgIpc) is 3.58. The number of hydrogen-bond donors (Lipinski definition) is 1. The summed E-state index contributed by atoms with van der Waals surface area (Å²) in [5, 5.41) is 4.91. The number of sulfonamides is 1. The van der Waals surface area contributed by atoms with Gasteiger partial charge in [-0.05, 0) is 75.1 Å². The largest absolute Gasteiger partial charge is 0.495 e. The number of ether oxygens (including phenoxy) is 2. The standard InChI is InChI=1S/C30H33Cl2N3O4S/c1-5-39-25-19-26(38-4)27(40(36,37)35-16-6-7-17-35)18-24(25)28-33-29(2,20-8-12-22(31)13-9-20)30(3,34-28)21-10-14-23(32)15-11-21/h8-15,18-19H,5-7,16-17H2,1-4H3,(H,33,34). The molecule has 3 aromatic rings. The van der Waals surface area contributed by atoms with E-state index in [2.05, 4.69) is 19.2 Å². The zero-order valence-corrected chi connectivity index (χ0v) is 25.3. The van der Waals surface area contributed by atoms with Crippen molar-refractivity contribution in [1.82, 2.24) is 9.62 Å². The Balaban J connectivity index is 1.72. The maximum absolute atomic E-state index is 13.7. The minimum atomic E-state index is -3.80. The quantitative estimate of drug-likeness (QED) is 0.325. The molecule has 0 spiro atoms. The van der Waals surface area contributed by atoms with E-state index in [1.807, 2.05) is 55.5 Å². The molecule has 10 heteroatoms. The number of amidine groups is 1. The van der Waals surface area contributed by atoms with Crippen molar-refractivity contribution in [1.29, 1.82) is 0 Å². The lowest BCUT2D eigenvalue weighted by molar-refractivity contribution is 0.268. The van der Waals surface area contributed by atoms with Crippen molar-refractivity contribution in [2.45, 2.75) is 49.6 Å². The molecule has 2 atom stereocenters. The lowest BCUT2D eigenvalue weighted by Crippen LogP contribution is -2.50. The molecule has 2 unspecified atom stereocenters. The van der Waals surface area contributed by atoms with Crippen molar-refractivity contribution in [3.05, 3.63) is 87.4 Å². The van der Waals surface area contributed by atoms with Gasteiger partial charge in [0.2, 0.25) is 10.0 Å². The van der Waals surface area contributed by atoms with Crippen molar-refractivity contribution in [2.75, 3.05) is 26.8 Å². The van der Waals surface area contributed by atoms with Crippen LogP contribution in [0.25, 0.3) is 0 Å². The second-order valence-corrected chi connectivity index (χ2v) is 13.1. The lowest BCUT2D eigenvalue weighted by atomic mass is 9.72. The highest BCUT2D eigenvalue weighted by molar-refractivity contribution is 7.89. The van der Waals surface area contributed by atoms with E-state index in [-0.39, 0.29) is 10.6 Å². The smallest absolute Gasteiger partial charge is 0.246 e. The number of nitrogens with one attached hydrogen (secondary N) is 1. The Morgan fingerprint density at radius 3 is 2.05 bits per heavy atom. The first-order valence-corrected chi connectivity index (χ1v) is 15.5. The third kappa shape index (κ3) is 4.85. The van der Waals surface area contributed by atoms with Crippen molar-refractivity contribution < 1.29 is 17.9 Å². The summed E-state index contributed by atoms with van der Waals surface area (Å²) in [6.45, 7) is 7.35. The summed E-state index contributed by atoms with van der Waals surface area (Å²) >= 11 is 12.5. The fourth-order valence-corrected chi connectivity index (χ4v) is 7.48. The van der Waals surface area contributed by atoms with Crippen LogP contribution < -0.4 is 14.8 Å². The Morgan fingerprint density at radius 2 is 1.50 bits per heavy atom. The molecule has 2 aliphatic heterocycles. The summed E-state index contributed by atoms with van der Waals surface area (Å²) in [7, 11) is -2.33. The molecular weight excluding hydrogens is 569 g/mol. The molecule has 1 fully saturated rings. The van der Waals surface area contributed by atoms with Crippen molar-refractivity contribution in [2.24, 2.45) is 4.99 Å². The van der Waals surface area contributed by atoms with Crippen LogP contribution >= 0.6 is 23.2 Å². The molecule has 2 aliphatic rings. The van der Waals surface area contributed by atoms with Crippen molar-refractivity contribution in [3.8, 4) is 11.5 Å². The van der Waals surface area contributed by atoms with Crippen molar-refractivity contribution >= 4 is 39.1 Å². The van der Waals surface area contributed by atoms with Gasteiger partial charge in [0.15, 0.2) is 0 Å². The fraction of sp³-hybridized carbons (Fsp3) is 0.367. The molecule has 0 saturated carbocycles. The maximum atomic E-state index is 13.7. The van der Waals surface area contributed by atoms with Gasteiger partial charge in [0.25, 0.3) is 0 Å². The maximum Gasteiger partial charge on any atom is 0.246 e. The first-order valence-electron chi connectivity index (χ1n) is 13.3. The summed E-state index contributed by atoms with van der Waals surface area (Å²) in [4.78, 5) is 5.35. The summed E-state index contributed by atoms with van der Waals surface area (Å²) in [6.07, 6.45) is 1.66. The molecule has 40 heavy (non-hydrogen) atoms. The van der Waals surface area contributed by atoms with Crippen LogP contribution in [0.2, 0.25) is 10.0 Å². The number of nitrogens with zero attached hydrogens (tertiary/aromatic N) is 2. The molecule has 212 valence electrons. The molecule has 0 bridgehead atoms. The topological polar surface area (TPSA) is 80.2 Å². The monoisotopic (exact) mass is 601 g/mol. The van der Waals surface area contributed by atoms with Crippen LogP contribution in [0.3, 0.4) is 0 Å². The predicted molar refractivity (Wildman–Crippen MR) is 159 cm³/mol. The van der Waals surface area contributed by atoms with Crippen LogP contribution in [0.4, 0.5) is 0 Å². The lowest BCUT2D eigenvalue weighted by Gasteiger charge is -2.40. The first-order chi connectivity index (χ1) is 19.0. The molecule has 2 heterocycles. The van der Waals surface area contributed by atoms with Gasteiger partial charge in [-0.1, -0.05) is 47.5 Å². The molecule has 1 N–H and O–H groups in total. The molecule has 0 aliphatic carbocycles. The van der Waals surface area contributed by atoms with Crippen LogP contribution in [0.15, 0.2) is 70.6 Å². The molecule has 0 aromatic heterocycles. The van der Waals surface area contributed by atoms with E-state index in [0.717, 1.165) is 24.0 Å². The fourth-order valence-electron chi connectivity index (χ4n) is 5.54. The second-order valence-electron chi connectivity index (χ2n) is 10.3. The Morgan fingerprint density at radius 1 is 0.925 bits per heavy atom. The summed E-state index contributed by atoms with van der Waals surface area (Å²) in [5.74, 6) is 1.22. The van der Waals surface area contributed by atoms with E-state index in [1.54, 1.807) is 12.1 Å². The molecular formula is C30H33Cl2N3O4S. The van der Waals surface area contributed by atoms with Crippen LogP contribution in [-0.4, -0.2) is 45.4 Å². The van der Waals surface area contributed by atoms with Crippen LogP contribution in [0.1, 0.15) is 50.3 Å². The Bertz CT molecular complexity index is 1540. The number of benzene rings is 3. The van der Waals surface area contributed by atoms with Gasteiger partial charge in [0.1, 0.15) is 27.8 Å². The van der Waals surface area contributed by atoms with Crippen LogP contribution in [0, 0.1) is 0 Å². The van der Waals surface area contributed by atoms with Crippen LogP contribution in [-0.2, 0) is 21.1 Å². The van der Waals surface area contributed by atoms with Gasteiger partial charge in [0, 0.05) is 29.2 Å². The Hall–Kier alpha value is -2.78. The van der Waals surface area contributed by atoms with Gasteiger partial charge in [0.05, 0.1) is 24.8 Å². The SMILES string of the molecule is CCOc1cc(OC)c(S(=O)(=O)N2CCCC2)cc1C1=NC(C)(c2ccc(Cl)cc2)C(C)(c2ccc(Cl)cc2)N1. The average molecular weight is 603 g/mol. The van der Waals surface area contributed by atoms with Gasteiger partial charge >= 0.3 is 0 Å². The molecule has 5 rings (SSSR count). The predicted octanol–water partition coefficient (Wildman–Crippen LogP) is 6.37. The van der Waals surface area contributed by atoms with Gasteiger partial charge in [-0.3, -0.25) is 4.99 Å². The molecule has 7 nitrogen and oxygen atoms in total. The van der Waals surface area contributed by atoms with E-state index in [1.165, 1.54) is 11.4 Å². The Kier molecular flexibility index (Phi) is 7.83. The second kappa shape index (κ2) is 10.9.